The van der Waals surface area contributed by atoms with E-state index in [1.165, 1.54) is 57.2 Å². The summed E-state index contributed by atoms with van der Waals surface area (Å²) >= 11 is 1.93. The first-order valence-corrected chi connectivity index (χ1v) is 8.46. The van der Waals surface area contributed by atoms with E-state index in [0.29, 0.717) is 6.61 Å². The summed E-state index contributed by atoms with van der Waals surface area (Å²) in [7, 11) is 0. The monoisotopic (exact) mass is 261 g/mol. The van der Waals surface area contributed by atoms with Crippen LogP contribution in [-0.4, -0.2) is 36.3 Å². The summed E-state index contributed by atoms with van der Waals surface area (Å²) < 4.78 is 0. The fourth-order valence-electron chi connectivity index (χ4n) is 1.75. The van der Waals surface area contributed by atoms with Gasteiger partial charge < -0.3 is 10.4 Å². The van der Waals surface area contributed by atoms with Crippen LogP contribution in [0.1, 0.15) is 58.3 Å². The largest absolute Gasteiger partial charge is 0.396 e. The number of rotatable bonds is 14. The lowest BCUT2D eigenvalue weighted by Crippen LogP contribution is -2.18. The van der Waals surface area contributed by atoms with Crippen LogP contribution >= 0.6 is 11.8 Å². The van der Waals surface area contributed by atoms with Crippen molar-refractivity contribution in [3.05, 3.63) is 0 Å². The Hall–Kier alpha value is 0.270. The third-order valence-corrected chi connectivity index (χ3v) is 3.90. The van der Waals surface area contributed by atoms with Crippen molar-refractivity contribution in [2.24, 2.45) is 0 Å². The topological polar surface area (TPSA) is 32.3 Å². The Labute approximate surface area is 112 Å². The Kier molecular flexibility index (Phi) is 16.5. The zero-order valence-corrected chi connectivity index (χ0v) is 12.4. The average molecular weight is 261 g/mol. The maximum absolute atomic E-state index is 8.61. The smallest absolute Gasteiger partial charge is 0.0438 e. The molecule has 104 valence electrons. The van der Waals surface area contributed by atoms with E-state index in [4.69, 9.17) is 5.11 Å². The van der Waals surface area contributed by atoms with Gasteiger partial charge in [-0.15, -0.1) is 0 Å². The molecule has 0 unspecified atom stereocenters. The first-order valence-electron chi connectivity index (χ1n) is 7.31. The van der Waals surface area contributed by atoms with E-state index in [9.17, 15) is 0 Å². The predicted molar refractivity (Wildman–Crippen MR) is 79.9 cm³/mol. The average Bonchev–Trinajstić information content (AvgIpc) is 2.35. The van der Waals surface area contributed by atoms with E-state index >= 15 is 0 Å². The van der Waals surface area contributed by atoms with Gasteiger partial charge in [0.25, 0.3) is 0 Å². The zero-order chi connectivity index (χ0) is 12.6. The molecule has 0 fully saturated rings. The van der Waals surface area contributed by atoms with Crippen LogP contribution in [0.25, 0.3) is 0 Å². The number of unbranched alkanes of at least 4 members (excludes halogenated alkanes) is 6. The molecule has 0 bridgehead atoms. The van der Waals surface area contributed by atoms with E-state index in [1.807, 2.05) is 11.8 Å². The second-order valence-electron chi connectivity index (χ2n) is 4.56. The molecule has 0 atom stereocenters. The Morgan fingerprint density at radius 3 is 2.24 bits per heavy atom. The molecule has 2 nitrogen and oxygen atoms in total. The number of thioether (sulfide) groups is 1. The number of aliphatic hydroxyl groups is 1. The van der Waals surface area contributed by atoms with E-state index < -0.39 is 0 Å². The van der Waals surface area contributed by atoms with Gasteiger partial charge in [0.1, 0.15) is 0 Å². The summed E-state index contributed by atoms with van der Waals surface area (Å²) in [5, 5.41) is 12.1. The van der Waals surface area contributed by atoms with E-state index in [2.05, 4.69) is 12.2 Å². The summed E-state index contributed by atoms with van der Waals surface area (Å²) in [5.41, 5.74) is 0. The van der Waals surface area contributed by atoms with E-state index in [1.54, 1.807) is 0 Å². The summed E-state index contributed by atoms with van der Waals surface area (Å²) in [4.78, 5) is 0. The van der Waals surface area contributed by atoms with Crippen LogP contribution in [0.2, 0.25) is 0 Å². The van der Waals surface area contributed by atoms with E-state index in [0.717, 1.165) is 18.7 Å². The van der Waals surface area contributed by atoms with Crippen molar-refractivity contribution in [2.45, 2.75) is 58.3 Å². The highest BCUT2D eigenvalue weighted by atomic mass is 32.2. The Morgan fingerprint density at radius 1 is 0.824 bits per heavy atom. The van der Waals surface area contributed by atoms with Crippen LogP contribution in [-0.2, 0) is 0 Å². The molecule has 17 heavy (non-hydrogen) atoms. The van der Waals surface area contributed by atoms with Crippen LogP contribution < -0.4 is 5.32 Å². The fourth-order valence-corrected chi connectivity index (χ4v) is 2.57. The first-order chi connectivity index (χ1) is 8.41. The Morgan fingerprint density at radius 2 is 1.53 bits per heavy atom. The van der Waals surface area contributed by atoms with Gasteiger partial charge in [0.15, 0.2) is 0 Å². The third-order valence-electron chi connectivity index (χ3n) is 2.83. The minimum absolute atomic E-state index is 0.332. The molecule has 0 amide bonds. The number of nitrogens with one attached hydrogen (secondary N) is 1. The lowest BCUT2D eigenvalue weighted by atomic mass is 10.1. The minimum atomic E-state index is 0.332. The van der Waals surface area contributed by atoms with Gasteiger partial charge in [0.05, 0.1) is 0 Å². The lowest BCUT2D eigenvalue weighted by molar-refractivity contribution is 0.296. The SMILES string of the molecule is CCCCCCCCCNCCSCCCO. The van der Waals surface area contributed by atoms with Gasteiger partial charge in [0.2, 0.25) is 0 Å². The van der Waals surface area contributed by atoms with Gasteiger partial charge in [-0.25, -0.2) is 0 Å². The second kappa shape index (κ2) is 16.3. The molecule has 2 N–H and O–H groups in total. The van der Waals surface area contributed by atoms with Gasteiger partial charge in [-0.05, 0) is 25.1 Å². The predicted octanol–water partition coefficient (Wildman–Crippen LogP) is 3.44. The normalized spacial score (nSPS) is 10.9. The molecule has 3 heteroatoms. The van der Waals surface area contributed by atoms with Crippen molar-refractivity contribution in [3.8, 4) is 0 Å². The van der Waals surface area contributed by atoms with Crippen molar-refractivity contribution >= 4 is 11.8 Å². The molecule has 0 rings (SSSR count). The molecule has 0 saturated heterocycles. The van der Waals surface area contributed by atoms with Crippen LogP contribution in [0.3, 0.4) is 0 Å². The van der Waals surface area contributed by atoms with Crippen molar-refractivity contribution in [1.82, 2.24) is 5.32 Å². The van der Waals surface area contributed by atoms with Gasteiger partial charge in [-0.3, -0.25) is 0 Å². The van der Waals surface area contributed by atoms with Gasteiger partial charge in [0, 0.05) is 18.9 Å². The second-order valence-corrected chi connectivity index (χ2v) is 5.79. The number of hydrogen-bond acceptors (Lipinski definition) is 3. The van der Waals surface area contributed by atoms with Crippen molar-refractivity contribution in [3.63, 3.8) is 0 Å². The number of hydrogen-bond donors (Lipinski definition) is 2. The van der Waals surface area contributed by atoms with Crippen LogP contribution in [0.5, 0.6) is 0 Å². The summed E-state index contributed by atoms with van der Waals surface area (Å²) in [5.74, 6) is 2.27. The molecular formula is C14H31NOS. The standard InChI is InChI=1S/C14H31NOS/c1-2-3-4-5-6-7-8-10-15-11-14-17-13-9-12-16/h15-16H,2-14H2,1H3. The van der Waals surface area contributed by atoms with Gasteiger partial charge in [-0.2, -0.15) is 11.8 Å². The maximum Gasteiger partial charge on any atom is 0.0438 e. The maximum atomic E-state index is 8.61. The van der Waals surface area contributed by atoms with Gasteiger partial charge in [-0.1, -0.05) is 45.4 Å². The molecule has 0 aromatic carbocycles. The van der Waals surface area contributed by atoms with Crippen LogP contribution in [0.4, 0.5) is 0 Å². The molecule has 0 aliphatic heterocycles. The van der Waals surface area contributed by atoms with Crippen molar-refractivity contribution in [1.29, 1.82) is 0 Å². The highest BCUT2D eigenvalue weighted by molar-refractivity contribution is 7.99. The summed E-state index contributed by atoms with van der Waals surface area (Å²) in [6.07, 6.45) is 10.6. The van der Waals surface area contributed by atoms with Gasteiger partial charge >= 0.3 is 0 Å². The minimum Gasteiger partial charge on any atom is -0.396 e. The molecular weight excluding hydrogens is 230 g/mol. The lowest BCUT2D eigenvalue weighted by Gasteiger charge is -2.04. The van der Waals surface area contributed by atoms with Crippen LogP contribution in [0, 0.1) is 0 Å². The highest BCUT2D eigenvalue weighted by Crippen LogP contribution is 2.06. The van der Waals surface area contributed by atoms with Crippen molar-refractivity contribution < 1.29 is 5.11 Å². The Bertz CT molecular complexity index is 119. The molecule has 0 spiro atoms. The molecule has 0 aromatic rings. The third kappa shape index (κ3) is 16.3. The summed E-state index contributed by atoms with van der Waals surface area (Å²) in [6.45, 7) is 4.89. The van der Waals surface area contributed by atoms with Crippen LogP contribution in [0.15, 0.2) is 0 Å². The first kappa shape index (κ1) is 17.3. The quantitative estimate of drug-likeness (QED) is 0.470. The Balaban J connectivity index is 2.85. The number of aliphatic hydroxyl groups excluding tert-OH is 1. The molecule has 0 radical (unpaired) electrons. The zero-order valence-electron chi connectivity index (χ0n) is 11.5. The molecule has 0 aliphatic rings. The van der Waals surface area contributed by atoms with E-state index in [-0.39, 0.29) is 0 Å². The molecule has 0 aromatic heterocycles. The molecule has 0 heterocycles. The fraction of sp³-hybridized carbons (Fsp3) is 1.00. The van der Waals surface area contributed by atoms with Crippen molar-refractivity contribution in [2.75, 3.05) is 31.2 Å². The highest BCUT2D eigenvalue weighted by Gasteiger charge is 1.92. The molecule has 0 aliphatic carbocycles. The molecule has 0 saturated carbocycles. The summed E-state index contributed by atoms with van der Waals surface area (Å²) in [6, 6.07) is 0.